The third kappa shape index (κ3) is 6.76. The molecule has 0 saturated carbocycles. The minimum Gasteiger partial charge on any atom is -0.475 e. The number of carbonyl (C=O) groups is 2. The van der Waals surface area contributed by atoms with Crippen LogP contribution in [0.25, 0.3) is 4.85 Å². The number of benzene rings is 2. The second kappa shape index (κ2) is 11.4. The van der Waals surface area contributed by atoms with Crippen LogP contribution in [0.4, 0.5) is 30.2 Å². The van der Waals surface area contributed by atoms with Gasteiger partial charge in [-0.15, -0.1) is 0 Å². The van der Waals surface area contributed by atoms with Crippen LogP contribution in [-0.4, -0.2) is 59.8 Å². The molecule has 2 aromatic rings. The fraction of sp³-hybridized carbons (Fsp3) is 0.423. The van der Waals surface area contributed by atoms with Crippen molar-refractivity contribution in [1.29, 1.82) is 0 Å². The molecule has 2 N–H and O–H groups in total. The second-order valence-corrected chi connectivity index (χ2v) is 9.03. The topological polar surface area (TPSA) is 77.2 Å². The van der Waals surface area contributed by atoms with E-state index < -0.39 is 12.1 Å². The van der Waals surface area contributed by atoms with Gasteiger partial charge in [-0.1, -0.05) is 24.3 Å². The summed E-state index contributed by atoms with van der Waals surface area (Å²) < 4.78 is 31.7. The van der Waals surface area contributed by atoms with E-state index in [-0.39, 0.29) is 5.91 Å². The highest BCUT2D eigenvalue weighted by Gasteiger charge is 2.38. The molecule has 2 heterocycles. The lowest BCUT2D eigenvalue weighted by Gasteiger charge is -2.29. The lowest BCUT2D eigenvalue weighted by atomic mass is 10.1. The molecule has 2 aliphatic heterocycles. The number of aliphatic carboxylic acids is 1. The number of amides is 1. The van der Waals surface area contributed by atoms with Gasteiger partial charge < -0.3 is 15.3 Å². The molecule has 2 unspecified atom stereocenters. The number of aryl methyl sites for hydroxylation is 1. The van der Waals surface area contributed by atoms with Crippen molar-refractivity contribution in [1.82, 2.24) is 4.90 Å². The van der Waals surface area contributed by atoms with E-state index in [4.69, 9.17) is 16.5 Å². The van der Waals surface area contributed by atoms with Gasteiger partial charge >= 0.3 is 12.1 Å². The fourth-order valence-electron chi connectivity index (χ4n) is 4.71. The number of hydrogen-bond donors (Lipinski definition) is 2. The summed E-state index contributed by atoms with van der Waals surface area (Å²) in [6.45, 7) is 14.9. The molecule has 0 bridgehead atoms. The Morgan fingerprint density at radius 3 is 2.31 bits per heavy atom. The molecule has 1 amide bonds. The number of likely N-dealkylation sites (tertiary alicyclic amines) is 1. The summed E-state index contributed by atoms with van der Waals surface area (Å²) >= 11 is 0. The van der Waals surface area contributed by atoms with Crippen molar-refractivity contribution >= 4 is 28.9 Å². The van der Waals surface area contributed by atoms with E-state index in [9.17, 15) is 18.0 Å². The molecule has 2 atom stereocenters. The molecule has 0 aromatic heterocycles. The molecule has 10 heteroatoms. The predicted octanol–water partition coefficient (Wildman–Crippen LogP) is 5.49. The molecular weight excluding hydrogens is 473 g/mol. The Balaban J connectivity index is 0.000000454. The third-order valence-electron chi connectivity index (χ3n) is 6.53. The Bertz CT molecular complexity index is 1130. The van der Waals surface area contributed by atoms with Crippen LogP contribution in [0.2, 0.25) is 0 Å². The van der Waals surface area contributed by atoms with Crippen LogP contribution in [0.1, 0.15) is 42.1 Å². The molecule has 7 nitrogen and oxygen atoms in total. The highest BCUT2D eigenvalue weighted by molar-refractivity contribution is 6.04. The largest absolute Gasteiger partial charge is 0.490 e. The van der Waals surface area contributed by atoms with Crippen molar-refractivity contribution in [3.8, 4) is 0 Å². The average Bonchev–Trinajstić information content (AvgIpc) is 3.48. The van der Waals surface area contributed by atoms with Crippen molar-refractivity contribution in [2.24, 2.45) is 0 Å². The Labute approximate surface area is 208 Å². The number of nitrogens with one attached hydrogen (secondary N) is 1. The van der Waals surface area contributed by atoms with E-state index in [1.165, 1.54) is 37.1 Å². The lowest BCUT2D eigenvalue weighted by molar-refractivity contribution is -0.192. The maximum atomic E-state index is 12.5. The van der Waals surface area contributed by atoms with E-state index in [2.05, 4.69) is 39.9 Å². The predicted molar refractivity (Wildman–Crippen MR) is 132 cm³/mol. The number of nitrogens with zero attached hydrogens (tertiary/aromatic N) is 3. The molecule has 2 saturated heterocycles. The first kappa shape index (κ1) is 27.0. The molecule has 4 rings (SSSR count). The highest BCUT2D eigenvalue weighted by atomic mass is 19.4. The molecule has 0 aliphatic carbocycles. The maximum Gasteiger partial charge on any atom is 0.490 e. The summed E-state index contributed by atoms with van der Waals surface area (Å²) in [6.07, 6.45) is -1.21. The first-order chi connectivity index (χ1) is 17.0. The van der Waals surface area contributed by atoms with E-state index in [0.717, 1.165) is 18.8 Å². The third-order valence-corrected chi connectivity index (χ3v) is 6.53. The van der Waals surface area contributed by atoms with E-state index >= 15 is 0 Å². The number of rotatable bonds is 4. The number of anilines is 2. The molecule has 0 spiro atoms. The van der Waals surface area contributed by atoms with Gasteiger partial charge in [-0.05, 0) is 63.4 Å². The van der Waals surface area contributed by atoms with Gasteiger partial charge in [0.25, 0.3) is 5.91 Å². The lowest BCUT2D eigenvalue weighted by Crippen LogP contribution is -2.39. The van der Waals surface area contributed by atoms with Gasteiger partial charge in [0.2, 0.25) is 0 Å². The summed E-state index contributed by atoms with van der Waals surface area (Å²) in [5, 5.41) is 10.1. The Morgan fingerprint density at radius 2 is 1.78 bits per heavy atom. The molecule has 0 radical (unpaired) electrons. The van der Waals surface area contributed by atoms with Gasteiger partial charge in [-0.2, -0.15) is 13.2 Å². The van der Waals surface area contributed by atoms with Crippen LogP contribution < -0.4 is 10.2 Å². The Hall–Kier alpha value is -3.58. The highest BCUT2D eigenvalue weighted by Crippen LogP contribution is 2.31. The van der Waals surface area contributed by atoms with Crippen molar-refractivity contribution in [2.45, 2.75) is 51.4 Å². The van der Waals surface area contributed by atoms with Gasteiger partial charge in [0.05, 0.1) is 6.57 Å². The number of carboxylic acid groups (broad SMARTS) is 1. The quantitative estimate of drug-likeness (QED) is 0.541. The molecule has 2 aromatic carbocycles. The normalized spacial score (nSPS) is 19.8. The van der Waals surface area contributed by atoms with E-state index in [1.807, 2.05) is 12.1 Å². The van der Waals surface area contributed by atoms with Crippen LogP contribution in [0.15, 0.2) is 42.5 Å². The molecule has 192 valence electrons. The molecule has 2 fully saturated rings. The minimum atomic E-state index is -5.08. The first-order valence-electron chi connectivity index (χ1n) is 11.7. The summed E-state index contributed by atoms with van der Waals surface area (Å²) in [5.41, 5.74) is 4.34. The number of carbonyl (C=O) groups excluding carboxylic acids is 1. The zero-order chi connectivity index (χ0) is 26.5. The Morgan fingerprint density at radius 1 is 1.11 bits per heavy atom. The van der Waals surface area contributed by atoms with Crippen molar-refractivity contribution < 1.29 is 27.9 Å². The minimum absolute atomic E-state index is 0.155. The summed E-state index contributed by atoms with van der Waals surface area (Å²) in [5.74, 6) is -2.91. The number of carboxylic acids is 1. The van der Waals surface area contributed by atoms with E-state index in [0.29, 0.717) is 23.3 Å². The SMILES string of the molecule is O=C(O)C(F)(F)F.[C-]#[N+]c1ccc(C(=O)Nc2ccc(N3CCC(N4CCCC4C)C3)c(C)c2)cc1. The maximum absolute atomic E-state index is 12.5. The van der Waals surface area contributed by atoms with Crippen molar-refractivity contribution in [3.05, 3.63) is 65.0 Å². The molecule has 2 aliphatic rings. The zero-order valence-electron chi connectivity index (χ0n) is 20.2. The summed E-state index contributed by atoms with van der Waals surface area (Å²) in [7, 11) is 0. The van der Waals surface area contributed by atoms with Crippen LogP contribution in [0.5, 0.6) is 0 Å². The Kier molecular flexibility index (Phi) is 8.58. The van der Waals surface area contributed by atoms with Crippen LogP contribution in [-0.2, 0) is 4.79 Å². The van der Waals surface area contributed by atoms with Crippen LogP contribution in [0.3, 0.4) is 0 Å². The van der Waals surface area contributed by atoms with Gasteiger partial charge in [0.1, 0.15) is 0 Å². The monoisotopic (exact) mass is 502 g/mol. The van der Waals surface area contributed by atoms with E-state index in [1.54, 1.807) is 24.3 Å². The number of halogens is 3. The smallest absolute Gasteiger partial charge is 0.475 e. The summed E-state index contributed by atoms with van der Waals surface area (Å²) in [6, 6.07) is 14.2. The zero-order valence-corrected chi connectivity index (χ0v) is 20.2. The van der Waals surface area contributed by atoms with Crippen LogP contribution >= 0.6 is 0 Å². The van der Waals surface area contributed by atoms with Crippen LogP contribution in [0, 0.1) is 13.5 Å². The fourth-order valence-corrected chi connectivity index (χ4v) is 4.71. The van der Waals surface area contributed by atoms with Crippen molar-refractivity contribution in [2.75, 3.05) is 29.9 Å². The summed E-state index contributed by atoms with van der Waals surface area (Å²) in [4.78, 5) is 29.9. The van der Waals surface area contributed by atoms with Gasteiger partial charge in [-0.25, -0.2) is 9.64 Å². The van der Waals surface area contributed by atoms with Gasteiger partial charge in [0, 0.05) is 42.1 Å². The molecule has 36 heavy (non-hydrogen) atoms. The number of alkyl halides is 3. The molecular formula is C26H29F3N4O3. The van der Waals surface area contributed by atoms with Gasteiger partial charge in [0.15, 0.2) is 5.69 Å². The first-order valence-corrected chi connectivity index (χ1v) is 11.7. The van der Waals surface area contributed by atoms with Gasteiger partial charge in [-0.3, -0.25) is 9.69 Å². The van der Waals surface area contributed by atoms with Crippen molar-refractivity contribution in [3.63, 3.8) is 0 Å². The average molecular weight is 503 g/mol. The second-order valence-electron chi connectivity index (χ2n) is 9.03. The number of hydrogen-bond acceptors (Lipinski definition) is 4. The standard InChI is InChI=1S/C24H28N4O.C2HF3O2/c1-17-15-21(26-24(29)19-6-8-20(25-3)9-7-19)10-11-23(17)27-14-12-22(16-27)28-13-4-5-18(28)2;3-2(4,5)1(6)7/h6-11,15,18,22H,4-5,12-14,16H2,1-2H3,(H,26,29);(H,6,7).